The Morgan fingerprint density at radius 3 is 2.95 bits per heavy atom. The number of hydrogen-bond donors (Lipinski definition) is 0. The van der Waals surface area contributed by atoms with Crippen LogP contribution in [0.3, 0.4) is 0 Å². The predicted octanol–water partition coefficient (Wildman–Crippen LogP) is 3.69. The lowest BCUT2D eigenvalue weighted by Gasteiger charge is -2.35. The number of carbonyl (C=O) groups excluding carboxylic acids is 1. The lowest BCUT2D eigenvalue weighted by molar-refractivity contribution is 0.0581. The average Bonchev–Trinajstić information content (AvgIpc) is 3.18. The maximum atomic E-state index is 12.8. The Morgan fingerprint density at radius 1 is 1.40 bits per heavy atom. The van der Waals surface area contributed by atoms with Gasteiger partial charge in [0.1, 0.15) is 5.69 Å². The number of fused-ring (bicyclic) bond motifs is 1. The Kier molecular flexibility index (Phi) is 3.72. The van der Waals surface area contributed by atoms with Crippen molar-refractivity contribution in [2.45, 2.75) is 45.6 Å². The minimum atomic E-state index is 0.0162. The van der Waals surface area contributed by atoms with Crippen LogP contribution in [0.4, 0.5) is 0 Å². The summed E-state index contributed by atoms with van der Waals surface area (Å²) in [6.07, 6.45) is 4.64. The molecular weight excluding hydrogens is 272 g/mol. The molecule has 1 aliphatic heterocycles. The van der Waals surface area contributed by atoms with Crippen molar-refractivity contribution in [2.24, 2.45) is 11.8 Å². The van der Waals surface area contributed by atoms with Crippen LogP contribution in [0.5, 0.6) is 0 Å². The van der Waals surface area contributed by atoms with Gasteiger partial charge in [-0.2, -0.15) is 0 Å². The number of hydrogen-bond acceptors (Lipinski definition) is 2. The Labute approximate surface area is 125 Å². The molecular formula is C16H21ClN2O. The molecule has 2 fully saturated rings. The van der Waals surface area contributed by atoms with Gasteiger partial charge >= 0.3 is 0 Å². The lowest BCUT2D eigenvalue weighted by Crippen LogP contribution is -2.45. The molecule has 1 amide bonds. The Balaban J connectivity index is 1.85. The van der Waals surface area contributed by atoms with Crippen molar-refractivity contribution in [1.82, 2.24) is 9.88 Å². The maximum absolute atomic E-state index is 12.8. The first-order chi connectivity index (χ1) is 9.60. The molecule has 4 heteroatoms. The van der Waals surface area contributed by atoms with Crippen LogP contribution in [0.2, 0.25) is 5.02 Å². The minimum Gasteiger partial charge on any atom is -0.334 e. The highest BCUT2D eigenvalue weighted by Gasteiger charge is 2.47. The van der Waals surface area contributed by atoms with E-state index in [4.69, 9.17) is 11.6 Å². The van der Waals surface area contributed by atoms with Gasteiger partial charge in [-0.3, -0.25) is 4.79 Å². The van der Waals surface area contributed by atoms with E-state index in [-0.39, 0.29) is 5.91 Å². The monoisotopic (exact) mass is 292 g/mol. The molecule has 3 unspecified atom stereocenters. The molecule has 0 N–H and O–H groups in total. The zero-order valence-electron chi connectivity index (χ0n) is 12.1. The number of amides is 1. The summed E-state index contributed by atoms with van der Waals surface area (Å²) in [7, 11) is 0. The maximum Gasteiger partial charge on any atom is 0.274 e. The zero-order valence-corrected chi connectivity index (χ0v) is 12.9. The van der Waals surface area contributed by atoms with Gasteiger partial charge in [0.05, 0.1) is 5.02 Å². The molecule has 0 radical (unpaired) electrons. The van der Waals surface area contributed by atoms with Crippen LogP contribution in [0.25, 0.3) is 0 Å². The molecule has 3 atom stereocenters. The quantitative estimate of drug-likeness (QED) is 0.851. The van der Waals surface area contributed by atoms with Crippen molar-refractivity contribution in [2.75, 3.05) is 6.54 Å². The fraction of sp³-hybridized carbons (Fsp3) is 0.625. The third-order valence-electron chi connectivity index (χ3n) is 4.59. The van der Waals surface area contributed by atoms with Gasteiger partial charge in [-0.25, -0.2) is 4.98 Å². The number of aryl methyl sites for hydroxylation is 1. The van der Waals surface area contributed by atoms with Crippen molar-refractivity contribution < 1.29 is 4.79 Å². The van der Waals surface area contributed by atoms with Crippen molar-refractivity contribution in [3.8, 4) is 0 Å². The number of aromatic nitrogens is 1. The van der Waals surface area contributed by atoms with Gasteiger partial charge < -0.3 is 4.90 Å². The lowest BCUT2D eigenvalue weighted by atomic mass is 9.97. The van der Waals surface area contributed by atoms with E-state index in [9.17, 15) is 4.79 Å². The van der Waals surface area contributed by atoms with Gasteiger partial charge in [0.2, 0.25) is 0 Å². The molecule has 2 heterocycles. The smallest absolute Gasteiger partial charge is 0.274 e. The summed E-state index contributed by atoms with van der Waals surface area (Å²) in [5, 5.41) is 0.466. The van der Waals surface area contributed by atoms with Crippen LogP contribution in [0, 0.1) is 18.8 Å². The van der Waals surface area contributed by atoms with Crippen LogP contribution in [0.1, 0.15) is 48.8 Å². The average molecular weight is 293 g/mol. The van der Waals surface area contributed by atoms with Crippen LogP contribution in [-0.2, 0) is 0 Å². The molecule has 3 rings (SSSR count). The summed E-state index contributed by atoms with van der Waals surface area (Å²) in [6, 6.07) is 3.99. The fourth-order valence-electron chi connectivity index (χ4n) is 3.38. The van der Waals surface area contributed by atoms with Crippen LogP contribution >= 0.6 is 11.6 Å². The highest BCUT2D eigenvalue weighted by atomic mass is 35.5. The summed E-state index contributed by atoms with van der Waals surface area (Å²) in [5.74, 6) is 1.59. The van der Waals surface area contributed by atoms with E-state index in [0.717, 1.165) is 43.3 Å². The molecule has 3 nitrogen and oxygen atoms in total. The van der Waals surface area contributed by atoms with Gasteiger partial charge in [-0.1, -0.05) is 24.9 Å². The molecule has 0 bridgehead atoms. The summed E-state index contributed by atoms with van der Waals surface area (Å²) in [5.41, 5.74) is 1.26. The first-order valence-electron chi connectivity index (χ1n) is 7.54. The molecule has 1 aromatic rings. The highest BCUT2D eigenvalue weighted by molar-refractivity contribution is 6.33. The summed E-state index contributed by atoms with van der Waals surface area (Å²) in [4.78, 5) is 19.2. The summed E-state index contributed by atoms with van der Waals surface area (Å²) in [6.45, 7) is 4.96. The van der Waals surface area contributed by atoms with E-state index < -0.39 is 0 Å². The topological polar surface area (TPSA) is 33.2 Å². The van der Waals surface area contributed by atoms with Gasteiger partial charge in [0.15, 0.2) is 0 Å². The largest absolute Gasteiger partial charge is 0.334 e. The van der Waals surface area contributed by atoms with Crippen molar-refractivity contribution >= 4 is 17.5 Å². The van der Waals surface area contributed by atoms with E-state index in [1.807, 2.05) is 17.9 Å². The zero-order chi connectivity index (χ0) is 14.3. The second-order valence-corrected chi connectivity index (χ2v) is 6.58. The predicted molar refractivity (Wildman–Crippen MR) is 79.9 cm³/mol. The van der Waals surface area contributed by atoms with Gasteiger partial charge in [0.25, 0.3) is 5.91 Å². The number of carbonyl (C=O) groups is 1. The SMILES string of the molecule is CCCC1CC2CC2CN1C(=O)c1nc(C)ccc1Cl. The fourth-order valence-corrected chi connectivity index (χ4v) is 3.57. The van der Waals surface area contributed by atoms with Crippen LogP contribution in [-0.4, -0.2) is 28.4 Å². The molecule has 0 aromatic carbocycles. The normalized spacial score (nSPS) is 28.1. The molecule has 20 heavy (non-hydrogen) atoms. The highest BCUT2D eigenvalue weighted by Crippen LogP contribution is 2.48. The second kappa shape index (κ2) is 5.36. The molecule has 2 aliphatic rings. The first kappa shape index (κ1) is 13.9. The molecule has 108 valence electrons. The van der Waals surface area contributed by atoms with Gasteiger partial charge in [-0.05, 0) is 50.2 Å². The molecule has 0 spiro atoms. The molecule has 1 aromatic heterocycles. The Morgan fingerprint density at radius 2 is 2.20 bits per heavy atom. The van der Waals surface area contributed by atoms with E-state index in [1.54, 1.807) is 6.07 Å². The van der Waals surface area contributed by atoms with Crippen molar-refractivity contribution in [3.05, 3.63) is 28.5 Å². The number of likely N-dealkylation sites (tertiary alicyclic amines) is 1. The van der Waals surface area contributed by atoms with Crippen LogP contribution in [0.15, 0.2) is 12.1 Å². The molecule has 1 saturated heterocycles. The van der Waals surface area contributed by atoms with Crippen LogP contribution < -0.4 is 0 Å². The number of pyridine rings is 1. The Bertz CT molecular complexity index is 531. The first-order valence-corrected chi connectivity index (χ1v) is 7.92. The summed E-state index contributed by atoms with van der Waals surface area (Å²) < 4.78 is 0. The standard InChI is InChI=1S/C16H21ClN2O/c1-3-4-13-8-11-7-12(11)9-19(13)16(20)15-14(17)6-5-10(2)18-15/h5-6,11-13H,3-4,7-9H2,1-2H3. The van der Waals surface area contributed by atoms with E-state index in [2.05, 4.69) is 11.9 Å². The third kappa shape index (κ3) is 2.56. The minimum absolute atomic E-state index is 0.0162. The molecule has 1 saturated carbocycles. The number of rotatable bonds is 3. The molecule has 1 aliphatic carbocycles. The number of halogens is 1. The number of nitrogens with zero attached hydrogens (tertiary/aromatic N) is 2. The summed E-state index contributed by atoms with van der Waals surface area (Å²) >= 11 is 6.17. The van der Waals surface area contributed by atoms with Gasteiger partial charge in [0, 0.05) is 18.3 Å². The second-order valence-electron chi connectivity index (χ2n) is 6.17. The van der Waals surface area contributed by atoms with E-state index in [1.165, 1.54) is 6.42 Å². The number of piperidine rings is 1. The van der Waals surface area contributed by atoms with E-state index in [0.29, 0.717) is 16.8 Å². The van der Waals surface area contributed by atoms with E-state index >= 15 is 0 Å². The van der Waals surface area contributed by atoms with Gasteiger partial charge in [-0.15, -0.1) is 0 Å². The Hall–Kier alpha value is -1.09. The third-order valence-corrected chi connectivity index (χ3v) is 4.89. The van der Waals surface area contributed by atoms with Crippen molar-refractivity contribution in [3.63, 3.8) is 0 Å². The van der Waals surface area contributed by atoms with Crippen molar-refractivity contribution in [1.29, 1.82) is 0 Å².